The van der Waals surface area contributed by atoms with Crippen LogP contribution in [-0.4, -0.2) is 41.7 Å². The number of nitrogens with zero attached hydrogens (tertiary/aromatic N) is 1. The van der Waals surface area contributed by atoms with Crippen molar-refractivity contribution in [3.63, 3.8) is 0 Å². The van der Waals surface area contributed by atoms with Gasteiger partial charge in [0.05, 0.1) is 5.56 Å². The quantitative estimate of drug-likeness (QED) is 0.449. The Morgan fingerprint density at radius 1 is 1.12 bits per heavy atom. The summed E-state index contributed by atoms with van der Waals surface area (Å²) >= 11 is 6.26. The number of carboxylic acids is 1. The highest BCUT2D eigenvalue weighted by atomic mass is 35.5. The minimum atomic E-state index is -1.30. The Morgan fingerprint density at radius 3 is 2.41 bits per heavy atom. The molecule has 0 aromatic heterocycles. The van der Waals surface area contributed by atoms with Gasteiger partial charge in [0.15, 0.2) is 5.60 Å². The molecule has 0 radical (unpaired) electrons. The van der Waals surface area contributed by atoms with Gasteiger partial charge in [0.25, 0.3) is 5.91 Å². The second-order valence-electron chi connectivity index (χ2n) is 9.43. The smallest absolute Gasteiger partial charge is 0.347 e. The van der Waals surface area contributed by atoms with E-state index in [2.05, 4.69) is 17.1 Å². The van der Waals surface area contributed by atoms with Crippen molar-refractivity contribution in [1.29, 1.82) is 0 Å². The van der Waals surface area contributed by atoms with E-state index < -0.39 is 11.6 Å². The van der Waals surface area contributed by atoms with Gasteiger partial charge in [0, 0.05) is 29.8 Å². The topological polar surface area (TPSA) is 78.9 Å². The van der Waals surface area contributed by atoms with Gasteiger partial charge in [-0.05, 0) is 81.8 Å². The number of amides is 1. The molecule has 1 unspecified atom stereocenters. The lowest BCUT2D eigenvalue weighted by Crippen LogP contribution is -2.38. The van der Waals surface area contributed by atoms with E-state index in [1.54, 1.807) is 18.2 Å². The summed E-state index contributed by atoms with van der Waals surface area (Å²) in [5.41, 5.74) is 1.31. The molecule has 184 valence electrons. The van der Waals surface area contributed by atoms with Crippen molar-refractivity contribution in [3.8, 4) is 5.75 Å². The summed E-state index contributed by atoms with van der Waals surface area (Å²) in [6, 6.07) is 12.9. The van der Waals surface area contributed by atoms with Crippen LogP contribution in [0.3, 0.4) is 0 Å². The van der Waals surface area contributed by atoms with Crippen LogP contribution in [0.25, 0.3) is 0 Å². The molecule has 34 heavy (non-hydrogen) atoms. The molecule has 0 bridgehead atoms. The van der Waals surface area contributed by atoms with Crippen LogP contribution in [0.5, 0.6) is 5.75 Å². The molecule has 7 heteroatoms. The predicted octanol–water partition coefficient (Wildman–Crippen LogP) is 5.71. The number of piperidine rings is 1. The second-order valence-corrected chi connectivity index (χ2v) is 9.87. The molecule has 6 nitrogen and oxygen atoms in total. The summed E-state index contributed by atoms with van der Waals surface area (Å²) in [6.07, 6.45) is 5.93. The summed E-state index contributed by atoms with van der Waals surface area (Å²) in [7, 11) is 0. The molecular formula is C27H35ClN2O4. The maximum atomic E-state index is 13.3. The molecule has 1 amide bonds. The van der Waals surface area contributed by atoms with Gasteiger partial charge in [-0.3, -0.25) is 4.79 Å². The Kier molecular flexibility index (Phi) is 8.84. The largest absolute Gasteiger partial charge is 0.478 e. The number of anilines is 1. The molecule has 2 aromatic rings. The summed E-state index contributed by atoms with van der Waals surface area (Å²) < 4.78 is 5.59. The molecule has 3 rings (SSSR count). The van der Waals surface area contributed by atoms with E-state index in [-0.39, 0.29) is 11.9 Å². The monoisotopic (exact) mass is 486 g/mol. The number of rotatable bonds is 10. The zero-order chi connectivity index (χ0) is 24.7. The Hall–Kier alpha value is -2.73. The van der Waals surface area contributed by atoms with Crippen molar-refractivity contribution in [2.75, 3.05) is 18.0 Å². The molecule has 1 atom stereocenters. The maximum absolute atomic E-state index is 13.3. The van der Waals surface area contributed by atoms with E-state index in [4.69, 9.17) is 16.3 Å². The van der Waals surface area contributed by atoms with E-state index in [1.807, 2.05) is 24.3 Å². The third-order valence-electron chi connectivity index (χ3n) is 6.17. The molecule has 0 spiro atoms. The number of ether oxygens (including phenoxy) is 1. The summed E-state index contributed by atoms with van der Waals surface area (Å²) in [5.74, 6) is -0.630. The minimum absolute atomic E-state index is 0.0343. The Balaban J connectivity index is 1.71. The SMILES string of the molecule is CCCC(Cc1ccc(OC(C)(C)C(=O)O)cc1)NC(=O)c1cc(Cl)ccc1N1CCCCC1. The zero-order valence-electron chi connectivity index (χ0n) is 20.3. The minimum Gasteiger partial charge on any atom is -0.478 e. The van der Waals surface area contributed by atoms with Gasteiger partial charge in [-0.2, -0.15) is 0 Å². The van der Waals surface area contributed by atoms with E-state index in [1.165, 1.54) is 20.3 Å². The van der Waals surface area contributed by atoms with Crippen LogP contribution < -0.4 is 15.0 Å². The molecule has 2 aromatic carbocycles. The normalized spacial score (nSPS) is 15.0. The fourth-order valence-electron chi connectivity index (χ4n) is 4.25. The number of carbonyl (C=O) groups is 2. The van der Waals surface area contributed by atoms with Crippen LogP contribution in [0.2, 0.25) is 5.02 Å². The number of carboxylic acid groups (broad SMARTS) is 1. The number of carbonyl (C=O) groups excluding carboxylic acids is 1. The number of nitrogens with one attached hydrogen (secondary N) is 1. The highest BCUT2D eigenvalue weighted by molar-refractivity contribution is 6.31. The lowest BCUT2D eigenvalue weighted by atomic mass is 10.0. The molecular weight excluding hydrogens is 452 g/mol. The van der Waals surface area contributed by atoms with Crippen LogP contribution >= 0.6 is 11.6 Å². The van der Waals surface area contributed by atoms with Crippen molar-refractivity contribution >= 4 is 29.2 Å². The van der Waals surface area contributed by atoms with Crippen LogP contribution in [0.4, 0.5) is 5.69 Å². The molecule has 0 saturated carbocycles. The molecule has 0 aliphatic carbocycles. The van der Waals surface area contributed by atoms with Gasteiger partial charge in [0.2, 0.25) is 0 Å². The number of aliphatic carboxylic acids is 1. The van der Waals surface area contributed by atoms with E-state index >= 15 is 0 Å². The van der Waals surface area contributed by atoms with Crippen LogP contribution in [0, 0.1) is 0 Å². The Bertz CT molecular complexity index is 985. The first kappa shape index (κ1) is 25.9. The standard InChI is InChI=1S/C27H35ClN2O4/c1-4-8-21(17-19-9-12-22(13-10-19)34-27(2,3)26(32)33)29-25(31)23-18-20(28)11-14-24(23)30-15-6-5-7-16-30/h9-14,18,21H,4-8,15-17H2,1-3H3,(H,29,31)(H,32,33). The molecule has 1 fully saturated rings. The summed E-state index contributed by atoms with van der Waals surface area (Å²) in [6.45, 7) is 7.04. The summed E-state index contributed by atoms with van der Waals surface area (Å²) in [5, 5.41) is 13.0. The van der Waals surface area contributed by atoms with Gasteiger partial charge >= 0.3 is 5.97 Å². The molecule has 1 heterocycles. The highest BCUT2D eigenvalue weighted by Crippen LogP contribution is 2.27. The van der Waals surface area contributed by atoms with E-state index in [9.17, 15) is 14.7 Å². The third-order valence-corrected chi connectivity index (χ3v) is 6.40. The van der Waals surface area contributed by atoms with Crippen molar-refractivity contribution in [1.82, 2.24) is 5.32 Å². The first-order valence-corrected chi connectivity index (χ1v) is 12.4. The zero-order valence-corrected chi connectivity index (χ0v) is 21.0. The fourth-order valence-corrected chi connectivity index (χ4v) is 4.43. The lowest BCUT2D eigenvalue weighted by Gasteiger charge is -2.31. The average molecular weight is 487 g/mol. The Labute approximate surface area is 207 Å². The van der Waals surface area contributed by atoms with Crippen molar-refractivity contribution in [3.05, 3.63) is 58.6 Å². The van der Waals surface area contributed by atoms with Crippen molar-refractivity contribution in [2.24, 2.45) is 0 Å². The molecule has 1 aliphatic heterocycles. The van der Waals surface area contributed by atoms with E-state index in [0.29, 0.717) is 22.8 Å². The molecule has 1 saturated heterocycles. The maximum Gasteiger partial charge on any atom is 0.347 e. The third kappa shape index (κ3) is 6.89. The van der Waals surface area contributed by atoms with Gasteiger partial charge < -0.3 is 20.1 Å². The fraction of sp³-hybridized carbons (Fsp3) is 0.481. The second kappa shape index (κ2) is 11.6. The molecule has 2 N–H and O–H groups in total. The van der Waals surface area contributed by atoms with Crippen LogP contribution in [-0.2, 0) is 11.2 Å². The first-order chi connectivity index (χ1) is 16.2. The lowest BCUT2D eigenvalue weighted by molar-refractivity contribution is -0.152. The number of halogens is 1. The first-order valence-electron chi connectivity index (χ1n) is 12.1. The number of benzene rings is 2. The summed E-state index contributed by atoms with van der Waals surface area (Å²) in [4.78, 5) is 26.9. The predicted molar refractivity (Wildman–Crippen MR) is 136 cm³/mol. The Morgan fingerprint density at radius 2 is 1.79 bits per heavy atom. The average Bonchev–Trinajstić information content (AvgIpc) is 2.80. The van der Waals surface area contributed by atoms with Gasteiger partial charge in [-0.15, -0.1) is 0 Å². The number of hydrogen-bond acceptors (Lipinski definition) is 4. The van der Waals surface area contributed by atoms with Gasteiger partial charge in [-0.25, -0.2) is 4.79 Å². The highest BCUT2D eigenvalue weighted by Gasteiger charge is 2.29. The number of hydrogen-bond donors (Lipinski definition) is 2. The van der Waals surface area contributed by atoms with E-state index in [0.717, 1.165) is 50.0 Å². The van der Waals surface area contributed by atoms with Gasteiger partial charge in [-0.1, -0.05) is 37.1 Å². The van der Waals surface area contributed by atoms with Gasteiger partial charge in [0.1, 0.15) is 5.75 Å². The van der Waals surface area contributed by atoms with Crippen molar-refractivity contribution in [2.45, 2.75) is 70.9 Å². The van der Waals surface area contributed by atoms with Crippen LogP contribution in [0.15, 0.2) is 42.5 Å². The molecule has 1 aliphatic rings. The van der Waals surface area contributed by atoms with Crippen molar-refractivity contribution < 1.29 is 19.4 Å². The van der Waals surface area contributed by atoms with Crippen LogP contribution in [0.1, 0.15) is 68.8 Å².